The first-order chi connectivity index (χ1) is 5.57. The Hall–Kier alpha value is -0.220. The van der Waals surface area contributed by atoms with E-state index >= 15 is 0 Å². The number of nitrogens with two attached hydrogens (primary N) is 1. The quantitative estimate of drug-likeness (QED) is 0.599. The van der Waals surface area contributed by atoms with Crippen LogP contribution < -0.4 is 5.73 Å². The minimum Gasteiger partial charge on any atom is -0.370 e. The monoisotopic (exact) mass is 190 g/mol. The zero-order valence-corrected chi connectivity index (χ0v) is 8.68. The fraction of sp³-hybridized carbons (Fsp3) is 0.875. The molecule has 1 unspecified atom stereocenters. The molecule has 2 N–H and O–H groups in total. The summed E-state index contributed by atoms with van der Waals surface area (Å²) in [5.41, 5.74) is 5.12. The highest BCUT2D eigenvalue weighted by Gasteiger charge is 2.12. The Kier molecular flexibility index (Phi) is 6.20. The van der Waals surface area contributed by atoms with Crippen molar-refractivity contribution in [3.63, 3.8) is 0 Å². The summed E-state index contributed by atoms with van der Waals surface area (Å²) in [6.45, 7) is 0. The minimum absolute atomic E-state index is 0.229. The lowest BCUT2D eigenvalue weighted by molar-refractivity contribution is -0.119. The topological polar surface area (TPSA) is 46.3 Å². The fourth-order valence-corrected chi connectivity index (χ4v) is 1.28. The van der Waals surface area contributed by atoms with Gasteiger partial charge in [-0.15, -0.1) is 0 Å². The van der Waals surface area contributed by atoms with Crippen LogP contribution in [0.2, 0.25) is 0 Å². The molecular weight excluding hydrogens is 172 g/mol. The predicted octanol–water partition coefficient (Wildman–Crippen LogP) is 0.502. The number of nitrogens with zero attached hydrogens (tertiary/aromatic N) is 1. The number of thiol groups is 1. The molecule has 0 aromatic carbocycles. The van der Waals surface area contributed by atoms with Crippen molar-refractivity contribution in [3.8, 4) is 0 Å². The SMILES string of the molecule is CN(C)C(CCCS)CC(N)=O. The number of hydrogen-bond donors (Lipinski definition) is 2. The zero-order chi connectivity index (χ0) is 9.56. The van der Waals surface area contributed by atoms with Crippen LogP contribution in [0, 0.1) is 0 Å². The number of rotatable bonds is 6. The van der Waals surface area contributed by atoms with E-state index in [9.17, 15) is 4.79 Å². The first-order valence-electron chi connectivity index (χ1n) is 4.13. The molecule has 4 heteroatoms. The van der Waals surface area contributed by atoms with Crippen molar-refractivity contribution in [1.29, 1.82) is 0 Å². The Morgan fingerprint density at radius 3 is 2.50 bits per heavy atom. The Labute approximate surface area is 79.7 Å². The molecule has 3 nitrogen and oxygen atoms in total. The molecule has 72 valence electrons. The highest BCUT2D eigenvalue weighted by Crippen LogP contribution is 2.07. The Balaban J connectivity index is 3.78. The molecule has 0 fully saturated rings. The largest absolute Gasteiger partial charge is 0.370 e. The second-order valence-corrected chi connectivity index (χ2v) is 3.60. The van der Waals surface area contributed by atoms with Crippen LogP contribution in [-0.2, 0) is 4.79 Å². The van der Waals surface area contributed by atoms with Gasteiger partial charge in [0.15, 0.2) is 0 Å². The molecular formula is C8H18N2OS. The van der Waals surface area contributed by atoms with Crippen molar-refractivity contribution >= 4 is 18.5 Å². The van der Waals surface area contributed by atoms with Crippen molar-refractivity contribution in [2.24, 2.45) is 5.73 Å². The average Bonchev–Trinajstić information content (AvgIpc) is 1.96. The molecule has 0 bridgehead atoms. The van der Waals surface area contributed by atoms with Gasteiger partial charge in [0, 0.05) is 12.5 Å². The van der Waals surface area contributed by atoms with E-state index in [0.717, 1.165) is 18.6 Å². The predicted molar refractivity (Wildman–Crippen MR) is 54.4 cm³/mol. The highest BCUT2D eigenvalue weighted by molar-refractivity contribution is 7.80. The van der Waals surface area contributed by atoms with Gasteiger partial charge >= 0.3 is 0 Å². The first-order valence-corrected chi connectivity index (χ1v) is 4.76. The van der Waals surface area contributed by atoms with Gasteiger partial charge in [-0.05, 0) is 32.7 Å². The van der Waals surface area contributed by atoms with Gasteiger partial charge in [0.25, 0.3) is 0 Å². The van der Waals surface area contributed by atoms with Crippen molar-refractivity contribution in [2.45, 2.75) is 25.3 Å². The van der Waals surface area contributed by atoms with Crippen molar-refractivity contribution in [1.82, 2.24) is 4.90 Å². The number of amides is 1. The molecule has 12 heavy (non-hydrogen) atoms. The lowest BCUT2D eigenvalue weighted by Gasteiger charge is -2.22. The summed E-state index contributed by atoms with van der Waals surface area (Å²) in [5.74, 6) is 0.635. The van der Waals surface area contributed by atoms with Crippen molar-refractivity contribution < 1.29 is 4.79 Å². The molecule has 0 heterocycles. The molecule has 0 aliphatic heterocycles. The molecule has 0 aromatic rings. The van der Waals surface area contributed by atoms with Gasteiger partial charge in [0.05, 0.1) is 0 Å². The summed E-state index contributed by atoms with van der Waals surface area (Å²) in [6, 6.07) is 0.273. The van der Waals surface area contributed by atoms with Crippen LogP contribution in [0.3, 0.4) is 0 Å². The van der Waals surface area contributed by atoms with Crippen LogP contribution in [0.1, 0.15) is 19.3 Å². The van der Waals surface area contributed by atoms with Gasteiger partial charge in [-0.1, -0.05) is 0 Å². The summed E-state index contributed by atoms with van der Waals surface area (Å²) in [6.07, 6.45) is 2.46. The number of carbonyl (C=O) groups excluding carboxylic acids is 1. The standard InChI is InChI=1S/C8H18N2OS/c1-10(2)7(4-3-5-12)6-8(9)11/h7,12H,3-6H2,1-2H3,(H2,9,11). The van der Waals surface area contributed by atoms with E-state index in [-0.39, 0.29) is 11.9 Å². The van der Waals surface area contributed by atoms with Crippen molar-refractivity contribution in [2.75, 3.05) is 19.8 Å². The van der Waals surface area contributed by atoms with E-state index in [1.165, 1.54) is 0 Å². The maximum Gasteiger partial charge on any atom is 0.218 e. The molecule has 0 radical (unpaired) electrons. The van der Waals surface area contributed by atoms with Gasteiger partial charge in [-0.2, -0.15) is 12.6 Å². The molecule has 0 aliphatic carbocycles. The van der Waals surface area contributed by atoms with Gasteiger partial charge in [0.2, 0.25) is 5.91 Å². The Morgan fingerprint density at radius 1 is 1.58 bits per heavy atom. The van der Waals surface area contributed by atoms with E-state index in [0.29, 0.717) is 6.42 Å². The summed E-state index contributed by atoms with van der Waals surface area (Å²) in [7, 11) is 3.93. The second kappa shape index (κ2) is 6.31. The minimum atomic E-state index is -0.229. The summed E-state index contributed by atoms with van der Waals surface area (Å²) in [4.78, 5) is 12.7. The number of primary amides is 1. The van der Waals surface area contributed by atoms with Crippen LogP contribution in [-0.4, -0.2) is 36.7 Å². The lowest BCUT2D eigenvalue weighted by atomic mass is 10.1. The van der Waals surface area contributed by atoms with Gasteiger partial charge in [-0.25, -0.2) is 0 Å². The lowest BCUT2D eigenvalue weighted by Crippen LogP contribution is -2.32. The fourth-order valence-electron chi connectivity index (χ4n) is 1.10. The van der Waals surface area contributed by atoms with E-state index in [4.69, 9.17) is 5.73 Å². The van der Waals surface area contributed by atoms with Crippen molar-refractivity contribution in [3.05, 3.63) is 0 Å². The molecule has 1 atom stereocenters. The van der Waals surface area contributed by atoms with E-state index < -0.39 is 0 Å². The smallest absolute Gasteiger partial charge is 0.218 e. The van der Waals surface area contributed by atoms with Crippen LogP contribution in [0.4, 0.5) is 0 Å². The van der Waals surface area contributed by atoms with Crippen LogP contribution in [0.5, 0.6) is 0 Å². The molecule has 0 spiro atoms. The Bertz CT molecular complexity index is 139. The third-order valence-electron chi connectivity index (χ3n) is 1.86. The van der Waals surface area contributed by atoms with Gasteiger partial charge < -0.3 is 10.6 Å². The molecule has 0 aromatic heterocycles. The maximum absolute atomic E-state index is 10.7. The highest BCUT2D eigenvalue weighted by atomic mass is 32.1. The molecule has 0 saturated carbocycles. The summed E-state index contributed by atoms with van der Waals surface area (Å²) < 4.78 is 0. The van der Waals surface area contributed by atoms with E-state index in [1.807, 2.05) is 19.0 Å². The number of carbonyl (C=O) groups is 1. The second-order valence-electron chi connectivity index (χ2n) is 3.15. The molecule has 0 saturated heterocycles. The van der Waals surface area contributed by atoms with Crippen LogP contribution in [0.15, 0.2) is 0 Å². The third-order valence-corrected chi connectivity index (χ3v) is 2.18. The normalized spacial score (nSPS) is 13.3. The summed E-state index contributed by atoms with van der Waals surface area (Å²) >= 11 is 4.12. The first kappa shape index (κ1) is 11.8. The van der Waals surface area contributed by atoms with Crippen LogP contribution >= 0.6 is 12.6 Å². The average molecular weight is 190 g/mol. The summed E-state index contributed by atoms with van der Waals surface area (Å²) in [5, 5.41) is 0. The van der Waals surface area contributed by atoms with E-state index in [2.05, 4.69) is 12.6 Å². The maximum atomic E-state index is 10.7. The third kappa shape index (κ3) is 5.43. The molecule has 0 rings (SSSR count). The van der Waals surface area contributed by atoms with Gasteiger partial charge in [0.1, 0.15) is 0 Å². The number of hydrogen-bond acceptors (Lipinski definition) is 3. The molecule has 1 amide bonds. The van der Waals surface area contributed by atoms with Crippen LogP contribution in [0.25, 0.3) is 0 Å². The zero-order valence-electron chi connectivity index (χ0n) is 7.79. The van der Waals surface area contributed by atoms with Gasteiger partial charge in [-0.3, -0.25) is 4.79 Å². The van der Waals surface area contributed by atoms with E-state index in [1.54, 1.807) is 0 Å². The Morgan fingerprint density at radius 2 is 2.17 bits per heavy atom. The molecule has 0 aliphatic rings.